The fraction of sp³-hybridized carbons (Fsp3) is 0.562. The highest BCUT2D eigenvalue weighted by Gasteiger charge is 2.35. The summed E-state index contributed by atoms with van der Waals surface area (Å²) in [6.45, 7) is 8.70. The molecule has 3 nitrogen and oxygen atoms in total. The molecule has 2 N–H and O–H groups in total. The van der Waals surface area contributed by atoms with E-state index in [0.29, 0.717) is 12.5 Å². The molecule has 0 bridgehead atoms. The lowest BCUT2D eigenvalue weighted by molar-refractivity contribution is 0.0777. The van der Waals surface area contributed by atoms with Gasteiger partial charge in [-0.2, -0.15) is 0 Å². The van der Waals surface area contributed by atoms with Gasteiger partial charge in [0.2, 0.25) is 0 Å². The maximum Gasteiger partial charge on any atom is 0.253 e. The number of rotatable bonds is 3. The molecule has 0 saturated carbocycles. The molecule has 104 valence electrons. The van der Waals surface area contributed by atoms with E-state index in [4.69, 9.17) is 5.73 Å². The van der Waals surface area contributed by atoms with Gasteiger partial charge in [0.1, 0.15) is 0 Å². The van der Waals surface area contributed by atoms with Crippen molar-refractivity contribution in [3.8, 4) is 0 Å². The SMILES string of the molecule is CC(C)c1ccc(C(=O)N2CCC(C)(CN)C2)cc1. The van der Waals surface area contributed by atoms with Crippen molar-refractivity contribution in [2.24, 2.45) is 11.1 Å². The largest absolute Gasteiger partial charge is 0.338 e. The Labute approximate surface area is 115 Å². The average Bonchev–Trinajstić information content (AvgIpc) is 2.81. The van der Waals surface area contributed by atoms with Gasteiger partial charge in [-0.15, -0.1) is 0 Å². The molecule has 0 spiro atoms. The number of likely N-dealkylation sites (tertiary alicyclic amines) is 1. The van der Waals surface area contributed by atoms with Crippen LogP contribution in [0.1, 0.15) is 49.0 Å². The minimum atomic E-state index is 0.0908. The third-order valence-corrected chi connectivity index (χ3v) is 4.16. The van der Waals surface area contributed by atoms with Crippen molar-refractivity contribution in [3.63, 3.8) is 0 Å². The number of nitrogens with zero attached hydrogens (tertiary/aromatic N) is 1. The van der Waals surface area contributed by atoms with Gasteiger partial charge in [-0.1, -0.05) is 32.9 Å². The Balaban J connectivity index is 2.08. The van der Waals surface area contributed by atoms with Crippen LogP contribution in [0.3, 0.4) is 0 Å². The van der Waals surface area contributed by atoms with Crippen molar-refractivity contribution in [2.75, 3.05) is 19.6 Å². The standard InChI is InChI=1S/C16H24N2O/c1-12(2)13-4-6-14(7-5-13)15(19)18-9-8-16(3,10-17)11-18/h4-7,12H,8-11,17H2,1-3H3. The fourth-order valence-electron chi connectivity index (χ4n) is 2.56. The van der Waals surface area contributed by atoms with Gasteiger partial charge in [-0.05, 0) is 42.0 Å². The predicted octanol–water partition coefficient (Wildman–Crippen LogP) is 2.62. The zero-order valence-electron chi connectivity index (χ0n) is 12.1. The minimum Gasteiger partial charge on any atom is -0.338 e. The molecule has 1 amide bonds. The van der Waals surface area contributed by atoms with Gasteiger partial charge in [0.25, 0.3) is 5.91 Å². The molecule has 19 heavy (non-hydrogen) atoms. The number of carbonyl (C=O) groups excluding carboxylic acids is 1. The van der Waals surface area contributed by atoms with Crippen LogP contribution in [-0.4, -0.2) is 30.4 Å². The molecular weight excluding hydrogens is 236 g/mol. The molecule has 0 radical (unpaired) electrons. The third-order valence-electron chi connectivity index (χ3n) is 4.16. The van der Waals surface area contributed by atoms with E-state index in [-0.39, 0.29) is 11.3 Å². The number of carbonyl (C=O) groups is 1. The van der Waals surface area contributed by atoms with Gasteiger partial charge in [-0.25, -0.2) is 0 Å². The van der Waals surface area contributed by atoms with Crippen LogP contribution in [0.15, 0.2) is 24.3 Å². The van der Waals surface area contributed by atoms with Crippen molar-refractivity contribution >= 4 is 5.91 Å². The first kappa shape index (κ1) is 14.1. The molecule has 2 rings (SSSR count). The Morgan fingerprint density at radius 2 is 2.00 bits per heavy atom. The Kier molecular flexibility index (Phi) is 3.95. The van der Waals surface area contributed by atoms with Gasteiger partial charge >= 0.3 is 0 Å². The van der Waals surface area contributed by atoms with Crippen molar-refractivity contribution in [2.45, 2.75) is 33.1 Å². The van der Waals surface area contributed by atoms with E-state index in [1.165, 1.54) is 5.56 Å². The lowest BCUT2D eigenvalue weighted by atomic mass is 9.90. The zero-order chi connectivity index (χ0) is 14.0. The summed E-state index contributed by atoms with van der Waals surface area (Å²) in [7, 11) is 0. The van der Waals surface area contributed by atoms with Crippen LogP contribution in [0.5, 0.6) is 0 Å². The summed E-state index contributed by atoms with van der Waals surface area (Å²) in [5, 5.41) is 0. The zero-order valence-corrected chi connectivity index (χ0v) is 12.1. The molecule has 0 aromatic heterocycles. The molecule has 1 saturated heterocycles. The van der Waals surface area contributed by atoms with Gasteiger partial charge in [0, 0.05) is 18.7 Å². The second-order valence-corrected chi connectivity index (χ2v) is 6.27. The molecule has 1 aromatic carbocycles. The molecule has 1 aliphatic rings. The number of amides is 1. The minimum absolute atomic E-state index is 0.0908. The first-order chi connectivity index (χ1) is 8.95. The topological polar surface area (TPSA) is 46.3 Å². The molecular formula is C16H24N2O. The maximum absolute atomic E-state index is 12.4. The lowest BCUT2D eigenvalue weighted by Crippen LogP contribution is -2.34. The molecule has 1 atom stereocenters. The van der Waals surface area contributed by atoms with Crippen molar-refractivity contribution in [1.29, 1.82) is 0 Å². The Morgan fingerprint density at radius 1 is 1.37 bits per heavy atom. The number of nitrogens with two attached hydrogens (primary N) is 1. The van der Waals surface area contributed by atoms with Crippen LogP contribution in [0.25, 0.3) is 0 Å². The van der Waals surface area contributed by atoms with Crippen LogP contribution in [-0.2, 0) is 0 Å². The number of hydrogen-bond acceptors (Lipinski definition) is 2. The molecule has 1 unspecified atom stereocenters. The summed E-state index contributed by atoms with van der Waals surface area (Å²) in [6.07, 6.45) is 0.999. The van der Waals surface area contributed by atoms with Crippen LogP contribution < -0.4 is 5.73 Å². The van der Waals surface area contributed by atoms with Crippen LogP contribution in [0.4, 0.5) is 0 Å². The lowest BCUT2D eigenvalue weighted by Gasteiger charge is -2.22. The van der Waals surface area contributed by atoms with E-state index >= 15 is 0 Å². The van der Waals surface area contributed by atoms with E-state index in [1.807, 2.05) is 17.0 Å². The molecule has 1 heterocycles. The Bertz CT molecular complexity index is 452. The van der Waals surface area contributed by atoms with Gasteiger partial charge in [-0.3, -0.25) is 4.79 Å². The first-order valence-corrected chi connectivity index (χ1v) is 7.04. The van der Waals surface area contributed by atoms with Crippen molar-refractivity contribution in [1.82, 2.24) is 4.90 Å². The highest BCUT2D eigenvalue weighted by atomic mass is 16.2. The van der Waals surface area contributed by atoms with E-state index in [2.05, 4.69) is 32.9 Å². The predicted molar refractivity (Wildman–Crippen MR) is 78.2 cm³/mol. The second kappa shape index (κ2) is 5.33. The Hall–Kier alpha value is -1.35. The molecule has 1 aromatic rings. The quantitative estimate of drug-likeness (QED) is 0.908. The fourth-order valence-corrected chi connectivity index (χ4v) is 2.56. The van der Waals surface area contributed by atoms with Crippen LogP contribution in [0, 0.1) is 5.41 Å². The first-order valence-electron chi connectivity index (χ1n) is 7.04. The molecule has 0 aliphatic carbocycles. The maximum atomic E-state index is 12.4. The Morgan fingerprint density at radius 3 is 2.47 bits per heavy atom. The molecule has 1 aliphatic heterocycles. The van der Waals surface area contributed by atoms with Crippen molar-refractivity contribution < 1.29 is 4.79 Å². The number of hydrogen-bond donors (Lipinski definition) is 1. The third kappa shape index (κ3) is 2.98. The summed E-state index contributed by atoms with van der Waals surface area (Å²) < 4.78 is 0. The summed E-state index contributed by atoms with van der Waals surface area (Å²) >= 11 is 0. The summed E-state index contributed by atoms with van der Waals surface area (Å²) in [5.41, 5.74) is 7.93. The highest BCUT2D eigenvalue weighted by Crippen LogP contribution is 2.29. The second-order valence-electron chi connectivity index (χ2n) is 6.27. The van der Waals surface area contributed by atoms with Gasteiger partial charge in [0.05, 0.1) is 0 Å². The average molecular weight is 260 g/mol. The highest BCUT2D eigenvalue weighted by molar-refractivity contribution is 5.94. The van der Waals surface area contributed by atoms with E-state index < -0.39 is 0 Å². The van der Waals surface area contributed by atoms with Crippen LogP contribution >= 0.6 is 0 Å². The molecule has 1 fully saturated rings. The van der Waals surface area contributed by atoms with E-state index in [0.717, 1.165) is 25.1 Å². The van der Waals surface area contributed by atoms with E-state index in [1.54, 1.807) is 0 Å². The van der Waals surface area contributed by atoms with Crippen molar-refractivity contribution in [3.05, 3.63) is 35.4 Å². The summed E-state index contributed by atoms with van der Waals surface area (Å²) in [4.78, 5) is 14.3. The summed E-state index contributed by atoms with van der Waals surface area (Å²) in [5.74, 6) is 0.629. The van der Waals surface area contributed by atoms with Gasteiger partial charge in [0.15, 0.2) is 0 Å². The van der Waals surface area contributed by atoms with E-state index in [9.17, 15) is 4.79 Å². The molecule has 3 heteroatoms. The number of benzene rings is 1. The normalized spacial score (nSPS) is 23.1. The smallest absolute Gasteiger partial charge is 0.253 e. The van der Waals surface area contributed by atoms with Gasteiger partial charge < -0.3 is 10.6 Å². The monoisotopic (exact) mass is 260 g/mol. The summed E-state index contributed by atoms with van der Waals surface area (Å²) in [6, 6.07) is 7.98. The van der Waals surface area contributed by atoms with Crippen LogP contribution in [0.2, 0.25) is 0 Å².